The monoisotopic (exact) mass is 242 g/mol. The molecule has 1 saturated carbocycles. The van der Waals surface area contributed by atoms with Gasteiger partial charge in [0.25, 0.3) is 0 Å². The van der Waals surface area contributed by atoms with Crippen LogP contribution in [0.15, 0.2) is 0 Å². The molecule has 0 bridgehead atoms. The van der Waals surface area contributed by atoms with Crippen molar-refractivity contribution in [1.82, 2.24) is 0 Å². The molecule has 3 nitrogen and oxygen atoms in total. The zero-order chi connectivity index (χ0) is 12.7. The molecule has 0 spiro atoms. The van der Waals surface area contributed by atoms with E-state index in [1.807, 2.05) is 0 Å². The first-order chi connectivity index (χ1) is 8.15. The fourth-order valence-electron chi connectivity index (χ4n) is 2.56. The van der Waals surface area contributed by atoms with Crippen molar-refractivity contribution in [3.8, 4) is 0 Å². The molecule has 1 aliphatic rings. The maximum absolute atomic E-state index is 11.1. The molecule has 0 saturated heterocycles. The van der Waals surface area contributed by atoms with Crippen LogP contribution in [0.2, 0.25) is 0 Å². The lowest BCUT2D eigenvalue weighted by Gasteiger charge is -2.32. The molecule has 3 unspecified atom stereocenters. The molecule has 100 valence electrons. The Balaban J connectivity index is 2.28. The highest BCUT2D eigenvalue weighted by Crippen LogP contribution is 2.31. The van der Waals surface area contributed by atoms with Crippen molar-refractivity contribution >= 4 is 5.97 Å². The van der Waals surface area contributed by atoms with E-state index in [1.165, 1.54) is 19.3 Å². The second-order valence-electron chi connectivity index (χ2n) is 5.33. The maximum atomic E-state index is 11.1. The number of hydrogen-bond donors (Lipinski definition) is 1. The average Bonchev–Trinajstić information content (AvgIpc) is 2.28. The van der Waals surface area contributed by atoms with Crippen LogP contribution in [-0.2, 0) is 9.53 Å². The molecule has 0 aromatic heterocycles. The van der Waals surface area contributed by atoms with Crippen molar-refractivity contribution in [3.63, 3.8) is 0 Å². The zero-order valence-corrected chi connectivity index (χ0v) is 11.2. The lowest BCUT2D eigenvalue weighted by atomic mass is 9.80. The second-order valence-corrected chi connectivity index (χ2v) is 5.33. The van der Waals surface area contributed by atoms with Gasteiger partial charge in [-0.05, 0) is 31.6 Å². The third kappa shape index (κ3) is 5.07. The minimum atomic E-state index is -0.685. The lowest BCUT2D eigenvalue weighted by Crippen LogP contribution is -2.36. The first kappa shape index (κ1) is 14.5. The predicted octanol–water partition coefficient (Wildman–Crippen LogP) is 3.47. The van der Waals surface area contributed by atoms with Crippen LogP contribution in [0, 0.1) is 11.8 Å². The van der Waals surface area contributed by atoms with Gasteiger partial charge in [-0.15, -0.1) is 0 Å². The van der Waals surface area contributed by atoms with Crippen molar-refractivity contribution in [3.05, 3.63) is 0 Å². The molecule has 1 rings (SSSR count). The molecule has 0 aromatic carbocycles. The van der Waals surface area contributed by atoms with Crippen LogP contribution in [0.25, 0.3) is 0 Å². The topological polar surface area (TPSA) is 46.5 Å². The van der Waals surface area contributed by atoms with Gasteiger partial charge < -0.3 is 9.84 Å². The van der Waals surface area contributed by atoms with Gasteiger partial charge in [-0.1, -0.05) is 33.1 Å². The number of carboxylic acids is 1. The Hall–Kier alpha value is -0.570. The Morgan fingerprint density at radius 3 is 2.71 bits per heavy atom. The summed E-state index contributed by atoms with van der Waals surface area (Å²) in [5.41, 5.74) is 0. The van der Waals surface area contributed by atoms with E-state index >= 15 is 0 Å². The molecule has 3 heteroatoms. The van der Waals surface area contributed by atoms with Gasteiger partial charge in [0, 0.05) is 6.61 Å². The summed E-state index contributed by atoms with van der Waals surface area (Å²) in [6.45, 7) is 5.09. The van der Waals surface area contributed by atoms with E-state index < -0.39 is 5.97 Å². The largest absolute Gasteiger partial charge is 0.481 e. The Labute approximate surface area is 105 Å². The smallest absolute Gasteiger partial charge is 0.309 e. The molecule has 0 aromatic rings. The first-order valence-corrected chi connectivity index (χ1v) is 6.99. The number of aliphatic carboxylic acids is 1. The van der Waals surface area contributed by atoms with Gasteiger partial charge in [0.2, 0.25) is 0 Å². The molecule has 3 atom stereocenters. The third-order valence-electron chi connectivity index (χ3n) is 3.70. The predicted molar refractivity (Wildman–Crippen MR) is 68.0 cm³/mol. The Morgan fingerprint density at radius 2 is 2.06 bits per heavy atom. The Kier molecular flexibility index (Phi) is 6.56. The molecule has 0 aliphatic heterocycles. The van der Waals surface area contributed by atoms with E-state index in [-0.39, 0.29) is 12.0 Å². The fraction of sp³-hybridized carbons (Fsp3) is 0.929. The summed E-state index contributed by atoms with van der Waals surface area (Å²) in [5.74, 6) is -0.362. The van der Waals surface area contributed by atoms with Crippen LogP contribution in [-0.4, -0.2) is 23.8 Å². The van der Waals surface area contributed by atoms with Gasteiger partial charge in [0.1, 0.15) is 0 Å². The van der Waals surface area contributed by atoms with E-state index in [4.69, 9.17) is 9.84 Å². The van der Waals surface area contributed by atoms with Gasteiger partial charge in [0.05, 0.1) is 12.0 Å². The maximum Gasteiger partial charge on any atom is 0.309 e. The summed E-state index contributed by atoms with van der Waals surface area (Å²) < 4.78 is 5.79. The Morgan fingerprint density at radius 1 is 1.29 bits per heavy atom. The van der Waals surface area contributed by atoms with Crippen LogP contribution >= 0.6 is 0 Å². The number of hydrogen-bond acceptors (Lipinski definition) is 2. The average molecular weight is 242 g/mol. The molecular formula is C14H26O3. The number of carbonyl (C=O) groups is 1. The van der Waals surface area contributed by atoms with Crippen molar-refractivity contribution in [1.29, 1.82) is 0 Å². The van der Waals surface area contributed by atoms with Gasteiger partial charge in [-0.25, -0.2) is 0 Å². The van der Waals surface area contributed by atoms with Crippen molar-refractivity contribution < 1.29 is 14.6 Å². The molecule has 0 amide bonds. The summed E-state index contributed by atoms with van der Waals surface area (Å²) >= 11 is 0. The van der Waals surface area contributed by atoms with Crippen LogP contribution in [0.3, 0.4) is 0 Å². The second kappa shape index (κ2) is 7.70. The third-order valence-corrected chi connectivity index (χ3v) is 3.70. The van der Waals surface area contributed by atoms with Crippen LogP contribution in [0.5, 0.6) is 0 Å². The molecular weight excluding hydrogens is 216 g/mol. The highest BCUT2D eigenvalue weighted by atomic mass is 16.5. The number of ether oxygens (including phenoxy) is 1. The molecule has 0 radical (unpaired) electrons. The number of carboxylic acid groups (broad SMARTS) is 1. The summed E-state index contributed by atoms with van der Waals surface area (Å²) in [6, 6.07) is 0. The molecule has 1 N–H and O–H groups in total. The summed E-state index contributed by atoms with van der Waals surface area (Å²) in [5, 5.41) is 9.16. The normalized spacial score (nSPS) is 29.2. The zero-order valence-electron chi connectivity index (χ0n) is 11.2. The fourth-order valence-corrected chi connectivity index (χ4v) is 2.56. The van der Waals surface area contributed by atoms with E-state index in [0.717, 1.165) is 32.3 Å². The summed E-state index contributed by atoms with van der Waals surface area (Å²) in [4.78, 5) is 11.1. The number of rotatable bonds is 7. The first-order valence-electron chi connectivity index (χ1n) is 6.99. The van der Waals surface area contributed by atoms with E-state index in [2.05, 4.69) is 13.8 Å². The van der Waals surface area contributed by atoms with Crippen LogP contribution in [0.1, 0.15) is 58.8 Å². The van der Waals surface area contributed by atoms with Crippen LogP contribution in [0.4, 0.5) is 0 Å². The minimum Gasteiger partial charge on any atom is -0.481 e. The van der Waals surface area contributed by atoms with Crippen LogP contribution < -0.4 is 0 Å². The quantitative estimate of drug-likeness (QED) is 0.695. The molecule has 1 fully saturated rings. The summed E-state index contributed by atoms with van der Waals surface area (Å²) in [7, 11) is 0. The minimum absolute atomic E-state index is 0.0575. The van der Waals surface area contributed by atoms with Gasteiger partial charge in [-0.3, -0.25) is 4.79 Å². The highest BCUT2D eigenvalue weighted by Gasteiger charge is 2.34. The lowest BCUT2D eigenvalue weighted by molar-refractivity contribution is -0.150. The molecule has 0 heterocycles. The van der Waals surface area contributed by atoms with E-state index in [0.29, 0.717) is 5.92 Å². The van der Waals surface area contributed by atoms with Gasteiger partial charge in [-0.2, -0.15) is 0 Å². The highest BCUT2D eigenvalue weighted by molar-refractivity contribution is 5.70. The van der Waals surface area contributed by atoms with E-state index in [9.17, 15) is 4.79 Å². The molecule has 1 aliphatic carbocycles. The van der Waals surface area contributed by atoms with Gasteiger partial charge >= 0.3 is 5.97 Å². The Bertz CT molecular complexity index is 228. The van der Waals surface area contributed by atoms with Crippen molar-refractivity contribution in [2.24, 2.45) is 11.8 Å². The van der Waals surface area contributed by atoms with Gasteiger partial charge in [0.15, 0.2) is 0 Å². The standard InChI is InChI=1S/C14H26O3/c1-3-4-5-6-9-17-13-10-11(2)7-8-12(13)14(15)16/h11-13H,3-10H2,1-2H3,(H,15,16). The van der Waals surface area contributed by atoms with Crippen molar-refractivity contribution in [2.75, 3.05) is 6.61 Å². The SMILES string of the molecule is CCCCCCOC1CC(C)CCC1C(=O)O. The number of unbranched alkanes of at least 4 members (excludes halogenated alkanes) is 3. The van der Waals surface area contributed by atoms with E-state index in [1.54, 1.807) is 0 Å². The molecule has 17 heavy (non-hydrogen) atoms. The summed E-state index contributed by atoms with van der Waals surface area (Å²) in [6.07, 6.45) is 7.36. The van der Waals surface area contributed by atoms with Crippen molar-refractivity contribution in [2.45, 2.75) is 64.9 Å².